The summed E-state index contributed by atoms with van der Waals surface area (Å²) in [5, 5.41) is 1.01. The van der Waals surface area contributed by atoms with Crippen molar-refractivity contribution in [2.75, 3.05) is 23.7 Å². The number of carbonyl (C=O) groups excluding carboxylic acids is 1. The van der Waals surface area contributed by atoms with Gasteiger partial charge in [-0.3, -0.25) is 4.79 Å². The SMILES string of the molecule is CC(=O)c1sc(N2CCC(C)C2)c(OC(C)C)c1N. The van der Waals surface area contributed by atoms with Crippen LogP contribution in [0.3, 0.4) is 0 Å². The molecule has 2 N–H and O–H groups in total. The fraction of sp³-hybridized carbons (Fsp3) is 0.643. The molecule has 106 valence electrons. The van der Waals surface area contributed by atoms with Crippen LogP contribution in [0.15, 0.2) is 0 Å². The second-order valence-electron chi connectivity index (χ2n) is 5.54. The standard InChI is InChI=1S/C14H22N2O2S/c1-8(2)18-12-11(15)13(10(4)17)19-14(12)16-6-5-9(3)7-16/h8-9H,5-7,15H2,1-4H3. The van der Waals surface area contributed by atoms with E-state index in [1.54, 1.807) is 6.92 Å². The second kappa shape index (κ2) is 5.41. The van der Waals surface area contributed by atoms with Crippen molar-refractivity contribution in [1.29, 1.82) is 0 Å². The molecule has 2 heterocycles. The lowest BCUT2D eigenvalue weighted by molar-refractivity contribution is 0.102. The summed E-state index contributed by atoms with van der Waals surface area (Å²) in [6, 6.07) is 0. The Morgan fingerprint density at radius 3 is 2.68 bits per heavy atom. The van der Waals surface area contributed by atoms with E-state index in [2.05, 4.69) is 11.8 Å². The number of hydrogen-bond donors (Lipinski definition) is 1. The van der Waals surface area contributed by atoms with Crippen LogP contribution in [0.25, 0.3) is 0 Å². The second-order valence-corrected chi connectivity index (χ2v) is 6.54. The lowest BCUT2D eigenvalue weighted by Crippen LogP contribution is -2.19. The molecule has 1 aromatic heterocycles. The normalized spacial score (nSPS) is 19.2. The molecule has 5 heteroatoms. The molecule has 0 saturated carbocycles. The molecule has 4 nitrogen and oxygen atoms in total. The molecule has 0 aromatic carbocycles. The van der Waals surface area contributed by atoms with Crippen LogP contribution in [0.4, 0.5) is 10.7 Å². The molecule has 1 aromatic rings. The Kier molecular flexibility index (Phi) is 4.04. The van der Waals surface area contributed by atoms with Crippen molar-refractivity contribution < 1.29 is 9.53 Å². The third kappa shape index (κ3) is 2.86. The molecule has 1 saturated heterocycles. The molecule has 0 radical (unpaired) electrons. The zero-order chi connectivity index (χ0) is 14.2. The summed E-state index contributed by atoms with van der Waals surface area (Å²) < 4.78 is 5.85. The molecular weight excluding hydrogens is 260 g/mol. The fourth-order valence-corrected chi connectivity index (χ4v) is 3.44. The summed E-state index contributed by atoms with van der Waals surface area (Å²) in [4.78, 5) is 14.6. The summed E-state index contributed by atoms with van der Waals surface area (Å²) in [7, 11) is 0. The first-order chi connectivity index (χ1) is 8.90. The number of nitrogens with zero attached hydrogens (tertiary/aromatic N) is 1. The molecule has 0 aliphatic carbocycles. The van der Waals surface area contributed by atoms with Gasteiger partial charge < -0.3 is 15.4 Å². The van der Waals surface area contributed by atoms with Gasteiger partial charge >= 0.3 is 0 Å². The minimum absolute atomic E-state index is 0.00889. The molecule has 1 unspecified atom stereocenters. The van der Waals surface area contributed by atoms with Gasteiger partial charge in [0.15, 0.2) is 11.5 Å². The van der Waals surface area contributed by atoms with Crippen LogP contribution in [0.5, 0.6) is 5.75 Å². The minimum atomic E-state index is 0.00889. The van der Waals surface area contributed by atoms with Gasteiger partial charge in [0.1, 0.15) is 5.00 Å². The van der Waals surface area contributed by atoms with E-state index in [1.165, 1.54) is 17.8 Å². The van der Waals surface area contributed by atoms with E-state index >= 15 is 0 Å². The third-order valence-electron chi connectivity index (χ3n) is 3.27. The maximum Gasteiger partial charge on any atom is 0.177 e. The number of nitrogen functional groups attached to an aromatic ring is 1. The van der Waals surface area contributed by atoms with E-state index < -0.39 is 0 Å². The number of carbonyl (C=O) groups is 1. The highest BCUT2D eigenvalue weighted by Crippen LogP contribution is 2.46. The summed E-state index contributed by atoms with van der Waals surface area (Å²) >= 11 is 1.46. The fourth-order valence-electron chi connectivity index (χ4n) is 2.36. The summed E-state index contributed by atoms with van der Waals surface area (Å²) in [5.74, 6) is 1.38. The van der Waals surface area contributed by atoms with Crippen molar-refractivity contribution >= 4 is 27.8 Å². The van der Waals surface area contributed by atoms with Crippen LogP contribution >= 0.6 is 11.3 Å². The highest BCUT2D eigenvalue weighted by Gasteiger charge is 2.28. The average molecular weight is 282 g/mol. The smallest absolute Gasteiger partial charge is 0.177 e. The Hall–Kier alpha value is -1.23. The van der Waals surface area contributed by atoms with Crippen molar-refractivity contribution in [3.8, 4) is 5.75 Å². The molecule has 0 amide bonds. The van der Waals surface area contributed by atoms with Gasteiger partial charge in [-0.05, 0) is 26.2 Å². The predicted molar refractivity (Wildman–Crippen MR) is 80.5 cm³/mol. The van der Waals surface area contributed by atoms with Crippen molar-refractivity contribution in [2.24, 2.45) is 5.92 Å². The first-order valence-corrected chi connectivity index (χ1v) is 7.56. The summed E-state index contributed by atoms with van der Waals surface area (Å²) in [5.41, 5.74) is 6.59. The number of thiophene rings is 1. The number of ether oxygens (including phenoxy) is 1. The molecule has 1 aliphatic heterocycles. The molecule has 0 bridgehead atoms. The maximum absolute atomic E-state index is 11.7. The predicted octanol–water partition coefficient (Wildman–Crippen LogP) is 3.17. The zero-order valence-corrected chi connectivity index (χ0v) is 12.8. The number of hydrogen-bond acceptors (Lipinski definition) is 5. The van der Waals surface area contributed by atoms with Gasteiger partial charge in [-0.25, -0.2) is 0 Å². The van der Waals surface area contributed by atoms with Gasteiger partial charge in [-0.1, -0.05) is 6.92 Å². The third-order valence-corrected chi connectivity index (χ3v) is 4.62. The first kappa shape index (κ1) is 14.2. The lowest BCUT2D eigenvalue weighted by atomic mass is 10.2. The highest BCUT2D eigenvalue weighted by atomic mass is 32.1. The van der Waals surface area contributed by atoms with Crippen LogP contribution in [0.1, 0.15) is 43.8 Å². The van der Waals surface area contributed by atoms with Crippen LogP contribution in [-0.2, 0) is 0 Å². The lowest BCUT2D eigenvalue weighted by Gasteiger charge is -2.19. The Morgan fingerprint density at radius 1 is 1.53 bits per heavy atom. The topological polar surface area (TPSA) is 55.6 Å². The molecule has 1 atom stereocenters. The van der Waals surface area contributed by atoms with Gasteiger partial charge in [0.25, 0.3) is 0 Å². The minimum Gasteiger partial charge on any atom is -0.486 e. The van der Waals surface area contributed by atoms with Crippen LogP contribution in [-0.4, -0.2) is 25.0 Å². The van der Waals surface area contributed by atoms with Crippen molar-refractivity contribution in [2.45, 2.75) is 40.2 Å². The van der Waals surface area contributed by atoms with E-state index in [0.29, 0.717) is 22.2 Å². The monoisotopic (exact) mass is 282 g/mol. The molecular formula is C14H22N2O2S. The van der Waals surface area contributed by atoms with Crippen molar-refractivity contribution in [3.05, 3.63) is 4.88 Å². The Bertz CT molecular complexity index is 482. The number of ketones is 1. The van der Waals surface area contributed by atoms with E-state index in [1.807, 2.05) is 13.8 Å². The molecule has 1 aliphatic rings. The molecule has 1 fully saturated rings. The molecule has 2 rings (SSSR count). The average Bonchev–Trinajstić information content (AvgIpc) is 2.84. The van der Waals surface area contributed by atoms with Gasteiger partial charge in [-0.15, -0.1) is 11.3 Å². The Balaban J connectivity index is 2.40. The van der Waals surface area contributed by atoms with Gasteiger partial charge in [-0.2, -0.15) is 0 Å². The highest BCUT2D eigenvalue weighted by molar-refractivity contribution is 7.19. The van der Waals surface area contributed by atoms with E-state index in [0.717, 1.165) is 18.1 Å². The quantitative estimate of drug-likeness (QED) is 0.862. The molecule has 0 spiro atoms. The largest absolute Gasteiger partial charge is 0.486 e. The number of rotatable bonds is 4. The van der Waals surface area contributed by atoms with Crippen molar-refractivity contribution in [1.82, 2.24) is 0 Å². The van der Waals surface area contributed by atoms with Crippen LogP contribution in [0.2, 0.25) is 0 Å². The maximum atomic E-state index is 11.7. The molecule has 19 heavy (non-hydrogen) atoms. The van der Waals surface area contributed by atoms with Gasteiger partial charge in [0.2, 0.25) is 0 Å². The zero-order valence-electron chi connectivity index (χ0n) is 12.0. The van der Waals surface area contributed by atoms with E-state index in [-0.39, 0.29) is 11.9 Å². The van der Waals surface area contributed by atoms with Crippen LogP contribution in [0, 0.1) is 5.92 Å². The van der Waals surface area contributed by atoms with E-state index in [9.17, 15) is 4.79 Å². The van der Waals surface area contributed by atoms with Crippen molar-refractivity contribution in [3.63, 3.8) is 0 Å². The summed E-state index contributed by atoms with van der Waals surface area (Å²) in [6.07, 6.45) is 1.23. The Labute approximate surface area is 118 Å². The summed E-state index contributed by atoms with van der Waals surface area (Å²) in [6.45, 7) is 9.75. The first-order valence-electron chi connectivity index (χ1n) is 6.75. The Morgan fingerprint density at radius 2 is 2.21 bits per heavy atom. The number of anilines is 2. The van der Waals surface area contributed by atoms with Crippen LogP contribution < -0.4 is 15.4 Å². The van der Waals surface area contributed by atoms with Gasteiger partial charge in [0, 0.05) is 20.0 Å². The number of nitrogens with two attached hydrogens (primary N) is 1. The van der Waals surface area contributed by atoms with E-state index in [4.69, 9.17) is 10.5 Å². The number of Topliss-reactive ketones (excluding diaryl/α,β-unsaturated/α-hetero) is 1. The van der Waals surface area contributed by atoms with Gasteiger partial charge in [0.05, 0.1) is 16.7 Å².